The van der Waals surface area contributed by atoms with Crippen molar-refractivity contribution in [2.24, 2.45) is 0 Å². The highest BCUT2D eigenvalue weighted by Crippen LogP contribution is 2.19. The third-order valence-electron chi connectivity index (χ3n) is 2.90. The molecule has 1 aromatic heterocycles. The van der Waals surface area contributed by atoms with Crippen LogP contribution in [0.4, 0.5) is 0 Å². The van der Waals surface area contributed by atoms with E-state index in [1.807, 2.05) is 25.4 Å². The largest absolute Gasteiger partial charge is 0.313 e. The summed E-state index contributed by atoms with van der Waals surface area (Å²) in [6.07, 6.45) is 0. The predicted octanol–water partition coefficient (Wildman–Crippen LogP) is 1.14. The molecule has 2 heterocycles. The Kier molecular flexibility index (Phi) is 3.19. The first-order valence-electron chi connectivity index (χ1n) is 5.19. The lowest BCUT2D eigenvalue weighted by Gasteiger charge is -2.31. The SMILES string of the molecule is Cc1ccsc1C(=O)C1CNCCN1C. The molecule has 0 aliphatic carbocycles. The zero-order chi connectivity index (χ0) is 10.8. The molecule has 0 aromatic carbocycles. The molecule has 82 valence electrons. The van der Waals surface area contributed by atoms with E-state index in [4.69, 9.17) is 0 Å². The summed E-state index contributed by atoms with van der Waals surface area (Å²) in [5.74, 6) is 0.261. The minimum absolute atomic E-state index is 0.0103. The van der Waals surface area contributed by atoms with E-state index in [0.717, 1.165) is 30.1 Å². The van der Waals surface area contributed by atoms with Gasteiger partial charge in [0.1, 0.15) is 0 Å². The number of thiophene rings is 1. The monoisotopic (exact) mass is 224 g/mol. The lowest BCUT2D eigenvalue weighted by atomic mass is 10.1. The van der Waals surface area contributed by atoms with Crippen LogP contribution in [0.15, 0.2) is 11.4 Å². The molecule has 1 aliphatic heterocycles. The van der Waals surface area contributed by atoms with E-state index >= 15 is 0 Å². The number of aryl methyl sites for hydroxylation is 1. The van der Waals surface area contributed by atoms with Gasteiger partial charge in [0.05, 0.1) is 10.9 Å². The smallest absolute Gasteiger partial charge is 0.191 e. The number of carbonyl (C=O) groups excluding carboxylic acids is 1. The van der Waals surface area contributed by atoms with Gasteiger partial charge in [0.2, 0.25) is 0 Å². The van der Waals surface area contributed by atoms with Crippen LogP contribution in [0, 0.1) is 6.92 Å². The third-order valence-corrected chi connectivity index (χ3v) is 3.93. The van der Waals surface area contributed by atoms with Crippen molar-refractivity contribution < 1.29 is 4.79 Å². The molecule has 3 nitrogen and oxygen atoms in total. The Morgan fingerprint density at radius 1 is 1.67 bits per heavy atom. The first kappa shape index (κ1) is 10.8. The second-order valence-electron chi connectivity index (χ2n) is 4.00. The molecule has 15 heavy (non-hydrogen) atoms. The van der Waals surface area contributed by atoms with Gasteiger partial charge in [0.15, 0.2) is 5.78 Å². The second-order valence-corrected chi connectivity index (χ2v) is 4.91. The van der Waals surface area contributed by atoms with Gasteiger partial charge in [0.25, 0.3) is 0 Å². The molecular formula is C11H16N2OS. The zero-order valence-corrected chi connectivity index (χ0v) is 9.93. The molecule has 1 saturated heterocycles. The predicted molar refractivity (Wildman–Crippen MR) is 62.7 cm³/mol. The summed E-state index contributed by atoms with van der Waals surface area (Å²) in [5.41, 5.74) is 1.10. The Balaban J connectivity index is 2.17. The van der Waals surface area contributed by atoms with Gasteiger partial charge < -0.3 is 5.32 Å². The van der Waals surface area contributed by atoms with E-state index in [-0.39, 0.29) is 11.8 Å². The van der Waals surface area contributed by atoms with Crippen molar-refractivity contribution in [2.45, 2.75) is 13.0 Å². The van der Waals surface area contributed by atoms with Gasteiger partial charge in [0, 0.05) is 19.6 Å². The molecule has 1 aliphatic rings. The van der Waals surface area contributed by atoms with E-state index in [2.05, 4.69) is 10.2 Å². The number of piperazine rings is 1. The minimum Gasteiger partial charge on any atom is -0.313 e. The maximum Gasteiger partial charge on any atom is 0.191 e. The van der Waals surface area contributed by atoms with Gasteiger partial charge in [-0.1, -0.05) is 0 Å². The van der Waals surface area contributed by atoms with E-state index in [1.54, 1.807) is 11.3 Å². The molecule has 0 bridgehead atoms. The van der Waals surface area contributed by atoms with Crippen molar-refractivity contribution in [3.63, 3.8) is 0 Å². The molecule has 1 unspecified atom stereocenters. The molecule has 0 saturated carbocycles. The van der Waals surface area contributed by atoms with Crippen LogP contribution in [0.3, 0.4) is 0 Å². The summed E-state index contributed by atoms with van der Waals surface area (Å²) in [4.78, 5) is 15.3. The van der Waals surface area contributed by atoms with Crippen LogP contribution >= 0.6 is 11.3 Å². The zero-order valence-electron chi connectivity index (χ0n) is 9.12. The number of nitrogens with one attached hydrogen (secondary N) is 1. The van der Waals surface area contributed by atoms with E-state index in [0.29, 0.717) is 0 Å². The number of ketones is 1. The third kappa shape index (κ3) is 2.12. The van der Waals surface area contributed by atoms with Crippen molar-refractivity contribution in [2.75, 3.05) is 26.7 Å². The molecular weight excluding hydrogens is 208 g/mol. The van der Waals surface area contributed by atoms with Gasteiger partial charge in [-0.15, -0.1) is 11.3 Å². The van der Waals surface area contributed by atoms with Gasteiger partial charge in [-0.05, 0) is 31.0 Å². The van der Waals surface area contributed by atoms with Crippen LogP contribution in [-0.2, 0) is 0 Å². The van der Waals surface area contributed by atoms with Crippen LogP contribution in [-0.4, -0.2) is 43.4 Å². The average molecular weight is 224 g/mol. The van der Waals surface area contributed by atoms with Crippen molar-refractivity contribution in [3.8, 4) is 0 Å². The fraction of sp³-hybridized carbons (Fsp3) is 0.545. The van der Waals surface area contributed by atoms with Crippen molar-refractivity contribution in [1.29, 1.82) is 0 Å². The second kappa shape index (κ2) is 4.43. The number of rotatable bonds is 2. The Morgan fingerprint density at radius 3 is 3.07 bits per heavy atom. The fourth-order valence-electron chi connectivity index (χ4n) is 1.88. The van der Waals surface area contributed by atoms with Crippen molar-refractivity contribution in [1.82, 2.24) is 10.2 Å². The van der Waals surface area contributed by atoms with Crippen LogP contribution in [0.5, 0.6) is 0 Å². The number of Topliss-reactive ketones (excluding diaryl/α,β-unsaturated/α-hetero) is 1. The van der Waals surface area contributed by atoms with E-state index in [9.17, 15) is 4.79 Å². The number of hydrogen-bond acceptors (Lipinski definition) is 4. The topological polar surface area (TPSA) is 32.3 Å². The highest BCUT2D eigenvalue weighted by atomic mass is 32.1. The van der Waals surface area contributed by atoms with Gasteiger partial charge in [-0.25, -0.2) is 0 Å². The van der Waals surface area contributed by atoms with Gasteiger partial charge >= 0.3 is 0 Å². The molecule has 1 N–H and O–H groups in total. The molecule has 0 spiro atoms. The summed E-state index contributed by atoms with van der Waals surface area (Å²) in [5, 5.41) is 5.25. The van der Waals surface area contributed by atoms with Crippen molar-refractivity contribution in [3.05, 3.63) is 21.9 Å². The van der Waals surface area contributed by atoms with Crippen LogP contribution in [0.1, 0.15) is 15.2 Å². The van der Waals surface area contributed by atoms with E-state index in [1.165, 1.54) is 0 Å². The van der Waals surface area contributed by atoms with Crippen LogP contribution in [0.25, 0.3) is 0 Å². The maximum absolute atomic E-state index is 12.2. The Bertz CT molecular complexity index is 361. The number of hydrogen-bond donors (Lipinski definition) is 1. The summed E-state index contributed by atoms with van der Waals surface area (Å²) in [6, 6.07) is 2.02. The quantitative estimate of drug-likeness (QED) is 0.765. The highest BCUT2D eigenvalue weighted by molar-refractivity contribution is 7.12. The van der Waals surface area contributed by atoms with E-state index < -0.39 is 0 Å². The standard InChI is InChI=1S/C11H16N2OS/c1-8-3-6-15-11(8)10(14)9-7-12-4-5-13(9)2/h3,6,9,12H,4-5,7H2,1-2H3. The minimum atomic E-state index is 0.0103. The van der Waals surface area contributed by atoms with Crippen LogP contribution < -0.4 is 5.32 Å². The van der Waals surface area contributed by atoms with Gasteiger partial charge in [-0.2, -0.15) is 0 Å². The normalized spacial score (nSPS) is 22.9. The lowest BCUT2D eigenvalue weighted by molar-refractivity contribution is 0.0823. The number of likely N-dealkylation sites (N-methyl/N-ethyl adjacent to an activating group) is 1. The lowest BCUT2D eigenvalue weighted by Crippen LogP contribution is -2.53. The Hall–Kier alpha value is -0.710. The number of carbonyl (C=O) groups is 1. The highest BCUT2D eigenvalue weighted by Gasteiger charge is 2.27. The summed E-state index contributed by atoms with van der Waals surface area (Å²) < 4.78 is 0. The molecule has 1 atom stereocenters. The van der Waals surface area contributed by atoms with Crippen LogP contribution in [0.2, 0.25) is 0 Å². The molecule has 0 amide bonds. The summed E-state index contributed by atoms with van der Waals surface area (Å²) in [7, 11) is 2.02. The Morgan fingerprint density at radius 2 is 2.47 bits per heavy atom. The molecule has 1 fully saturated rings. The molecule has 0 radical (unpaired) electrons. The Labute approximate surface area is 94.1 Å². The van der Waals surface area contributed by atoms with Crippen molar-refractivity contribution >= 4 is 17.1 Å². The molecule has 1 aromatic rings. The molecule has 2 rings (SSSR count). The maximum atomic E-state index is 12.2. The number of nitrogens with zero attached hydrogens (tertiary/aromatic N) is 1. The first-order chi connectivity index (χ1) is 7.20. The molecule has 4 heteroatoms. The van der Waals surface area contributed by atoms with Gasteiger partial charge in [-0.3, -0.25) is 9.69 Å². The summed E-state index contributed by atoms with van der Waals surface area (Å²) in [6.45, 7) is 4.69. The first-order valence-corrected chi connectivity index (χ1v) is 6.07. The average Bonchev–Trinajstić information content (AvgIpc) is 2.64. The summed E-state index contributed by atoms with van der Waals surface area (Å²) >= 11 is 1.55. The fourth-order valence-corrected chi connectivity index (χ4v) is 2.79.